The van der Waals surface area contributed by atoms with Gasteiger partial charge in [-0.1, -0.05) is 27.7 Å². The minimum Gasteiger partial charge on any atom is -0.433 e. The van der Waals surface area contributed by atoms with E-state index in [-0.39, 0.29) is 11.9 Å². The van der Waals surface area contributed by atoms with E-state index < -0.39 is 5.79 Å². The molecule has 0 spiro atoms. The summed E-state index contributed by atoms with van der Waals surface area (Å²) in [5, 5.41) is 0. The summed E-state index contributed by atoms with van der Waals surface area (Å²) in [5.41, 5.74) is 0. The summed E-state index contributed by atoms with van der Waals surface area (Å²) in [7, 11) is 1.59. The van der Waals surface area contributed by atoms with Gasteiger partial charge in [-0.25, -0.2) is 0 Å². The van der Waals surface area contributed by atoms with Gasteiger partial charge in [0.15, 0.2) is 0 Å². The van der Waals surface area contributed by atoms with Crippen molar-refractivity contribution in [2.24, 2.45) is 5.92 Å². The van der Waals surface area contributed by atoms with Crippen molar-refractivity contribution in [3.63, 3.8) is 0 Å². The van der Waals surface area contributed by atoms with Crippen LogP contribution in [0.25, 0.3) is 0 Å². The van der Waals surface area contributed by atoms with E-state index in [9.17, 15) is 4.79 Å². The third-order valence-corrected chi connectivity index (χ3v) is 4.29. The fourth-order valence-corrected chi connectivity index (χ4v) is 2.43. The van der Waals surface area contributed by atoms with E-state index in [0.717, 1.165) is 17.9 Å². The fourth-order valence-electron chi connectivity index (χ4n) is 1.48. The number of carbonyl (C=O) groups is 1. The average Bonchev–Trinajstić information content (AvgIpc) is 2.36. The lowest BCUT2D eigenvalue weighted by atomic mass is 10.1. The van der Waals surface area contributed by atoms with E-state index >= 15 is 0 Å². The maximum atomic E-state index is 11.9. The lowest BCUT2D eigenvalue weighted by Crippen LogP contribution is -2.38. The topological polar surface area (TPSA) is 35.5 Å². The molecular formula is C13H26O3S. The molecule has 0 saturated heterocycles. The van der Waals surface area contributed by atoms with Crippen LogP contribution in [0.4, 0.5) is 0 Å². The second-order valence-electron chi connectivity index (χ2n) is 4.22. The molecule has 0 aromatic heterocycles. The lowest BCUT2D eigenvalue weighted by molar-refractivity contribution is -0.226. The summed E-state index contributed by atoms with van der Waals surface area (Å²) in [5.74, 6) is 0.952. The third kappa shape index (κ3) is 5.77. The molecule has 17 heavy (non-hydrogen) atoms. The van der Waals surface area contributed by atoms with Gasteiger partial charge in [0.05, 0.1) is 5.92 Å². The van der Waals surface area contributed by atoms with Crippen molar-refractivity contribution in [3.05, 3.63) is 0 Å². The van der Waals surface area contributed by atoms with Crippen LogP contribution >= 0.6 is 11.8 Å². The number of hydrogen-bond donors (Lipinski definition) is 0. The highest BCUT2D eigenvalue weighted by Crippen LogP contribution is 2.23. The van der Waals surface area contributed by atoms with Crippen molar-refractivity contribution < 1.29 is 14.3 Å². The maximum absolute atomic E-state index is 11.9. The molecule has 0 amide bonds. The fraction of sp³-hybridized carbons (Fsp3) is 0.923. The van der Waals surface area contributed by atoms with Crippen molar-refractivity contribution in [1.29, 1.82) is 0 Å². The highest BCUT2D eigenvalue weighted by molar-refractivity contribution is 7.99. The summed E-state index contributed by atoms with van der Waals surface area (Å²) in [6.07, 6.45) is 2.50. The predicted molar refractivity (Wildman–Crippen MR) is 73.2 cm³/mol. The number of hydrogen-bond acceptors (Lipinski definition) is 4. The molecule has 0 fully saturated rings. The third-order valence-electron chi connectivity index (χ3n) is 2.85. The zero-order chi connectivity index (χ0) is 13.3. The maximum Gasteiger partial charge on any atom is 0.311 e. The van der Waals surface area contributed by atoms with Gasteiger partial charge >= 0.3 is 5.97 Å². The van der Waals surface area contributed by atoms with Crippen molar-refractivity contribution in [1.82, 2.24) is 0 Å². The molecule has 1 unspecified atom stereocenters. The Hall–Kier alpha value is -0.220. The first-order valence-electron chi connectivity index (χ1n) is 6.40. The number of esters is 1. The van der Waals surface area contributed by atoms with Crippen LogP contribution < -0.4 is 0 Å². The van der Waals surface area contributed by atoms with Gasteiger partial charge in [-0.05, 0) is 12.2 Å². The van der Waals surface area contributed by atoms with Crippen LogP contribution in [0.1, 0.15) is 47.0 Å². The van der Waals surface area contributed by atoms with Crippen molar-refractivity contribution >= 4 is 17.7 Å². The first kappa shape index (κ1) is 16.8. The molecule has 0 aliphatic carbocycles. The van der Waals surface area contributed by atoms with Crippen LogP contribution in [0.15, 0.2) is 0 Å². The van der Waals surface area contributed by atoms with E-state index in [4.69, 9.17) is 9.47 Å². The van der Waals surface area contributed by atoms with E-state index in [2.05, 4.69) is 6.92 Å². The molecule has 0 heterocycles. The van der Waals surface area contributed by atoms with E-state index in [0.29, 0.717) is 12.8 Å². The summed E-state index contributed by atoms with van der Waals surface area (Å²) >= 11 is 1.80. The standard InChI is InChI=1S/C13H26O3S/c1-6-9-17-10-11(4)12(14)16-13(7-2,8-3)15-5/h11H,6-10H2,1-5H3. The van der Waals surface area contributed by atoms with Crippen LogP contribution in [0, 0.1) is 5.92 Å². The Kier molecular flexibility index (Phi) is 8.70. The second-order valence-corrected chi connectivity index (χ2v) is 5.37. The molecule has 4 heteroatoms. The molecule has 0 radical (unpaired) electrons. The monoisotopic (exact) mass is 262 g/mol. The van der Waals surface area contributed by atoms with Gasteiger partial charge in [0.25, 0.3) is 0 Å². The SMILES string of the molecule is CCCSCC(C)C(=O)OC(CC)(CC)OC. The molecule has 0 saturated carbocycles. The molecule has 0 aliphatic rings. The summed E-state index contributed by atoms with van der Waals surface area (Å²) < 4.78 is 10.8. The molecular weight excluding hydrogens is 236 g/mol. The number of ether oxygens (including phenoxy) is 2. The minimum atomic E-state index is -0.735. The normalized spacial score (nSPS) is 13.5. The van der Waals surface area contributed by atoms with Gasteiger partial charge in [-0.15, -0.1) is 0 Å². The zero-order valence-corrected chi connectivity index (χ0v) is 12.6. The molecule has 0 N–H and O–H groups in total. The zero-order valence-electron chi connectivity index (χ0n) is 11.7. The Morgan fingerprint density at radius 3 is 2.29 bits per heavy atom. The van der Waals surface area contributed by atoms with Crippen molar-refractivity contribution in [2.45, 2.75) is 52.7 Å². The highest BCUT2D eigenvalue weighted by atomic mass is 32.2. The molecule has 102 valence electrons. The first-order chi connectivity index (χ1) is 8.05. The molecule has 0 bridgehead atoms. The van der Waals surface area contributed by atoms with Crippen molar-refractivity contribution in [2.75, 3.05) is 18.6 Å². The Morgan fingerprint density at radius 1 is 1.29 bits per heavy atom. The van der Waals surface area contributed by atoms with Gasteiger partial charge in [0.2, 0.25) is 5.79 Å². The summed E-state index contributed by atoms with van der Waals surface area (Å²) in [6, 6.07) is 0. The molecule has 0 aromatic rings. The lowest BCUT2D eigenvalue weighted by Gasteiger charge is -2.30. The Bertz CT molecular complexity index is 206. The molecule has 0 rings (SSSR count). The predicted octanol–water partition coefficient (Wildman–Crippen LogP) is 3.47. The smallest absolute Gasteiger partial charge is 0.311 e. The summed E-state index contributed by atoms with van der Waals surface area (Å²) in [6.45, 7) is 7.99. The van der Waals surface area contributed by atoms with Crippen LogP contribution in [0.5, 0.6) is 0 Å². The Balaban J connectivity index is 4.21. The second kappa shape index (κ2) is 8.81. The highest BCUT2D eigenvalue weighted by Gasteiger charge is 2.31. The summed E-state index contributed by atoms with van der Waals surface area (Å²) in [4.78, 5) is 11.9. The van der Waals surface area contributed by atoms with E-state index in [1.54, 1.807) is 18.9 Å². The van der Waals surface area contributed by atoms with Crippen LogP contribution in [0.3, 0.4) is 0 Å². The minimum absolute atomic E-state index is 0.0702. The van der Waals surface area contributed by atoms with Gasteiger partial charge in [0.1, 0.15) is 0 Å². The number of carbonyl (C=O) groups excluding carboxylic acids is 1. The molecule has 0 aliphatic heterocycles. The van der Waals surface area contributed by atoms with E-state index in [1.165, 1.54) is 0 Å². The largest absolute Gasteiger partial charge is 0.433 e. The molecule has 0 aromatic carbocycles. The van der Waals surface area contributed by atoms with Crippen LogP contribution in [-0.2, 0) is 14.3 Å². The molecule has 3 nitrogen and oxygen atoms in total. The Labute approximate surface area is 110 Å². The quantitative estimate of drug-likeness (QED) is 0.362. The van der Waals surface area contributed by atoms with Gasteiger partial charge < -0.3 is 9.47 Å². The van der Waals surface area contributed by atoms with E-state index in [1.807, 2.05) is 20.8 Å². The number of thioether (sulfide) groups is 1. The average molecular weight is 262 g/mol. The van der Waals surface area contributed by atoms with Gasteiger partial charge in [0, 0.05) is 25.7 Å². The van der Waals surface area contributed by atoms with Crippen LogP contribution in [0.2, 0.25) is 0 Å². The number of rotatable bonds is 9. The Morgan fingerprint density at radius 2 is 1.88 bits per heavy atom. The molecule has 1 atom stereocenters. The van der Waals surface area contributed by atoms with Gasteiger partial charge in [-0.2, -0.15) is 11.8 Å². The van der Waals surface area contributed by atoms with Crippen LogP contribution in [-0.4, -0.2) is 30.4 Å². The van der Waals surface area contributed by atoms with Gasteiger partial charge in [-0.3, -0.25) is 4.79 Å². The first-order valence-corrected chi connectivity index (χ1v) is 7.56. The van der Waals surface area contributed by atoms with Crippen molar-refractivity contribution in [3.8, 4) is 0 Å². The number of methoxy groups -OCH3 is 1.